The lowest BCUT2D eigenvalue weighted by molar-refractivity contribution is 0.331. The number of hydrogen-bond acceptors (Lipinski definition) is 0. The van der Waals surface area contributed by atoms with E-state index in [-0.39, 0.29) is 16.2 Å². The molecule has 3 aliphatic carbocycles. The first kappa shape index (κ1) is 20.2. The highest BCUT2D eigenvalue weighted by Gasteiger charge is 2.69. The van der Waals surface area contributed by atoms with Crippen molar-refractivity contribution in [3.8, 4) is 0 Å². The molecule has 3 aromatic rings. The van der Waals surface area contributed by atoms with Crippen molar-refractivity contribution in [2.75, 3.05) is 0 Å². The minimum atomic E-state index is 0.105. The fourth-order valence-electron chi connectivity index (χ4n) is 6.44. The van der Waals surface area contributed by atoms with Crippen molar-refractivity contribution in [2.45, 2.75) is 69.6 Å². The summed E-state index contributed by atoms with van der Waals surface area (Å²) >= 11 is 7.55. The Bertz CT molecular complexity index is 1290. The number of rotatable bonds is 0. The molecule has 0 N–H and O–H groups in total. The molecule has 0 radical (unpaired) electrons. The maximum Gasteiger partial charge on any atom is 0.0427 e. The predicted octanol–water partition coefficient (Wildman–Crippen LogP) is 8.70. The second-order valence-electron chi connectivity index (χ2n) is 11.7. The molecule has 3 unspecified atom stereocenters. The Morgan fingerprint density at radius 3 is 1.74 bits per heavy atom. The topological polar surface area (TPSA) is 0 Å². The van der Waals surface area contributed by atoms with E-state index in [9.17, 15) is 0 Å². The van der Waals surface area contributed by atoms with Gasteiger partial charge in [0.2, 0.25) is 0 Å². The molecular formula is C29H28Br2. The Morgan fingerprint density at radius 2 is 1.10 bits per heavy atom. The summed E-state index contributed by atoms with van der Waals surface area (Å²) in [6, 6.07) is 19.4. The molecule has 6 rings (SSSR count). The summed E-state index contributed by atoms with van der Waals surface area (Å²) in [5.74, 6) is 0.933. The van der Waals surface area contributed by atoms with Crippen molar-refractivity contribution in [2.24, 2.45) is 0 Å². The Morgan fingerprint density at radius 1 is 0.581 bits per heavy atom. The van der Waals surface area contributed by atoms with E-state index < -0.39 is 0 Å². The van der Waals surface area contributed by atoms with Gasteiger partial charge in [-0.05, 0) is 99.3 Å². The minimum Gasteiger partial charge on any atom is -0.0582 e. The molecule has 3 aliphatic rings. The van der Waals surface area contributed by atoms with Gasteiger partial charge in [-0.2, -0.15) is 0 Å². The molecule has 2 heteroatoms. The van der Waals surface area contributed by atoms with Crippen molar-refractivity contribution in [3.63, 3.8) is 0 Å². The minimum absolute atomic E-state index is 0.105. The Hall–Kier alpha value is -1.38. The van der Waals surface area contributed by atoms with E-state index in [1.54, 1.807) is 11.1 Å². The number of halogens is 2. The zero-order chi connectivity index (χ0) is 22.1. The highest BCUT2D eigenvalue weighted by molar-refractivity contribution is 9.13. The molecule has 1 spiro atoms. The average Bonchev–Trinajstić information content (AvgIpc) is 2.88. The normalized spacial score (nSPS) is 24.9. The van der Waals surface area contributed by atoms with Crippen LogP contribution >= 0.6 is 31.9 Å². The third-order valence-corrected chi connectivity index (χ3v) is 9.85. The van der Waals surface area contributed by atoms with Crippen molar-refractivity contribution in [1.29, 1.82) is 0 Å². The van der Waals surface area contributed by atoms with E-state index in [0.717, 1.165) is 8.95 Å². The standard InChI is InChI=1S/C29H28Br2/c1-27(2,3)15-7-9-17-19(11-15)26-18-10-8-16(28(4,5)6)12-21(18)29(26)22-14-24(31)23(30)13-20(22)25(17)29/h7-14,25-26H,1-6H3. The van der Waals surface area contributed by atoms with E-state index in [0.29, 0.717) is 11.8 Å². The van der Waals surface area contributed by atoms with Gasteiger partial charge in [0.15, 0.2) is 0 Å². The van der Waals surface area contributed by atoms with Crippen LogP contribution in [0.3, 0.4) is 0 Å². The van der Waals surface area contributed by atoms with E-state index in [1.807, 2.05) is 0 Å². The smallest absolute Gasteiger partial charge is 0.0427 e. The summed E-state index contributed by atoms with van der Waals surface area (Å²) in [7, 11) is 0. The van der Waals surface area contributed by atoms with Crippen LogP contribution in [-0.2, 0) is 16.2 Å². The molecule has 0 aromatic heterocycles. The lowest BCUT2D eigenvalue weighted by Gasteiger charge is -2.59. The van der Waals surface area contributed by atoms with Crippen LogP contribution in [0.25, 0.3) is 0 Å². The van der Waals surface area contributed by atoms with Gasteiger partial charge in [0, 0.05) is 26.2 Å². The van der Waals surface area contributed by atoms with Crippen molar-refractivity contribution in [3.05, 3.63) is 102 Å². The summed E-state index contributed by atoms with van der Waals surface area (Å²) in [6.07, 6.45) is 0. The lowest BCUT2D eigenvalue weighted by Crippen LogP contribution is -2.52. The number of hydrogen-bond donors (Lipinski definition) is 0. The maximum absolute atomic E-state index is 3.79. The van der Waals surface area contributed by atoms with Crippen LogP contribution in [0.5, 0.6) is 0 Å². The monoisotopic (exact) mass is 534 g/mol. The third-order valence-electron chi connectivity index (χ3n) is 8.01. The van der Waals surface area contributed by atoms with Crippen LogP contribution < -0.4 is 0 Å². The van der Waals surface area contributed by atoms with Gasteiger partial charge in [-0.1, -0.05) is 77.9 Å². The first-order chi connectivity index (χ1) is 14.5. The fourth-order valence-corrected chi connectivity index (χ4v) is 7.15. The van der Waals surface area contributed by atoms with Gasteiger partial charge in [-0.15, -0.1) is 0 Å². The molecule has 0 saturated carbocycles. The van der Waals surface area contributed by atoms with Gasteiger partial charge in [0.25, 0.3) is 0 Å². The Labute approximate surface area is 202 Å². The van der Waals surface area contributed by atoms with Crippen molar-refractivity contribution < 1.29 is 0 Å². The number of fused-ring (bicyclic) bond motifs is 7. The van der Waals surface area contributed by atoms with Crippen LogP contribution in [0.2, 0.25) is 0 Å². The lowest BCUT2D eigenvalue weighted by atomic mass is 9.42. The van der Waals surface area contributed by atoms with Gasteiger partial charge >= 0.3 is 0 Å². The molecular weight excluding hydrogens is 508 g/mol. The summed E-state index contributed by atoms with van der Waals surface area (Å²) in [5.41, 5.74) is 12.5. The van der Waals surface area contributed by atoms with Gasteiger partial charge in [-0.25, -0.2) is 0 Å². The molecule has 3 aromatic carbocycles. The Kier molecular flexibility index (Phi) is 3.88. The highest BCUT2D eigenvalue weighted by Crippen LogP contribution is 2.77. The van der Waals surface area contributed by atoms with E-state index >= 15 is 0 Å². The summed E-state index contributed by atoms with van der Waals surface area (Å²) in [4.78, 5) is 0. The first-order valence-corrected chi connectivity index (χ1v) is 12.8. The molecule has 158 valence electrons. The molecule has 0 saturated heterocycles. The second kappa shape index (κ2) is 5.94. The molecule has 0 nitrogen and oxygen atoms in total. The quantitative estimate of drug-likeness (QED) is 0.270. The van der Waals surface area contributed by atoms with Crippen LogP contribution in [0.4, 0.5) is 0 Å². The predicted molar refractivity (Wildman–Crippen MR) is 137 cm³/mol. The first-order valence-electron chi connectivity index (χ1n) is 11.2. The molecule has 0 bridgehead atoms. The molecule has 0 aliphatic heterocycles. The van der Waals surface area contributed by atoms with E-state index in [4.69, 9.17) is 0 Å². The molecule has 0 amide bonds. The second-order valence-corrected chi connectivity index (χ2v) is 13.4. The molecule has 31 heavy (non-hydrogen) atoms. The highest BCUT2D eigenvalue weighted by atomic mass is 79.9. The average molecular weight is 536 g/mol. The summed E-state index contributed by atoms with van der Waals surface area (Å²) < 4.78 is 2.31. The van der Waals surface area contributed by atoms with Gasteiger partial charge < -0.3 is 0 Å². The zero-order valence-electron chi connectivity index (χ0n) is 19.0. The van der Waals surface area contributed by atoms with E-state index in [2.05, 4.69) is 122 Å². The zero-order valence-corrected chi connectivity index (χ0v) is 22.2. The largest absolute Gasteiger partial charge is 0.0582 e. The van der Waals surface area contributed by atoms with E-state index in [1.165, 1.54) is 33.4 Å². The fraction of sp³-hybridized carbons (Fsp3) is 0.379. The summed E-state index contributed by atoms with van der Waals surface area (Å²) in [6.45, 7) is 13.9. The summed E-state index contributed by atoms with van der Waals surface area (Å²) in [5, 5.41) is 0. The van der Waals surface area contributed by atoms with Gasteiger partial charge in [0.05, 0.1) is 0 Å². The van der Waals surface area contributed by atoms with Crippen LogP contribution in [-0.4, -0.2) is 0 Å². The Balaban J connectivity index is 1.65. The van der Waals surface area contributed by atoms with Crippen molar-refractivity contribution >= 4 is 31.9 Å². The molecule has 0 heterocycles. The molecule has 0 fully saturated rings. The van der Waals surface area contributed by atoms with Crippen molar-refractivity contribution in [1.82, 2.24) is 0 Å². The maximum atomic E-state index is 3.79. The molecule has 3 atom stereocenters. The van der Waals surface area contributed by atoms with Gasteiger partial charge in [0.1, 0.15) is 0 Å². The SMILES string of the molecule is CC(C)(C)c1ccc2c(c1)C1c3ccc(C(C)(C)C)cc3C13c1cc(Br)c(Br)cc1C23. The number of benzene rings is 3. The third kappa shape index (κ3) is 2.36. The van der Waals surface area contributed by atoms with Crippen LogP contribution in [0.15, 0.2) is 57.5 Å². The van der Waals surface area contributed by atoms with Crippen LogP contribution in [0, 0.1) is 0 Å². The van der Waals surface area contributed by atoms with Gasteiger partial charge in [-0.3, -0.25) is 0 Å². The van der Waals surface area contributed by atoms with Crippen LogP contribution in [0.1, 0.15) is 97.9 Å².